The standard InChI is InChI=1S/C22H28N4O6S3/c1-34(29,30)23-9-14-10-33-21-19(14)35(31,32)25-20(24-21)16-18(27)15-12-4-5-13(8-12)17(15)26(22(16)28)7-6-11-2-3-11/h10-13,15,17,23,27H,2-9H2,1H3,(H,24,25)/t12-,13+,15+,17-/m0/s1. The number of amidine groups is 1. The van der Waals surface area contributed by atoms with Crippen LogP contribution >= 0.6 is 11.3 Å². The summed E-state index contributed by atoms with van der Waals surface area (Å²) in [5.41, 5.74) is 0.228. The Kier molecular flexibility index (Phi) is 5.37. The highest BCUT2D eigenvalue weighted by molar-refractivity contribution is 7.91. The van der Waals surface area contributed by atoms with E-state index in [1.807, 2.05) is 4.90 Å². The van der Waals surface area contributed by atoms with Crippen LogP contribution in [0.25, 0.3) is 0 Å². The van der Waals surface area contributed by atoms with Gasteiger partial charge in [0.15, 0.2) is 5.84 Å². The van der Waals surface area contributed by atoms with Crippen LogP contribution in [0.3, 0.4) is 0 Å². The van der Waals surface area contributed by atoms with Crippen LogP contribution in [0, 0.1) is 23.7 Å². The minimum atomic E-state index is -4.22. The summed E-state index contributed by atoms with van der Waals surface area (Å²) in [6.07, 6.45) is 7.31. The quantitative estimate of drug-likeness (QED) is 0.481. The van der Waals surface area contributed by atoms with Crippen LogP contribution in [-0.2, 0) is 31.4 Å². The number of hydrogen-bond acceptors (Lipinski definition) is 8. The summed E-state index contributed by atoms with van der Waals surface area (Å²) >= 11 is 1.09. The molecule has 190 valence electrons. The third-order valence-electron chi connectivity index (χ3n) is 8.03. The zero-order valence-electron chi connectivity index (χ0n) is 19.2. The van der Waals surface area contributed by atoms with E-state index in [0.717, 1.165) is 43.3 Å². The van der Waals surface area contributed by atoms with Crippen LogP contribution in [0.5, 0.6) is 0 Å². The average molecular weight is 541 g/mol. The highest BCUT2D eigenvalue weighted by atomic mass is 32.2. The van der Waals surface area contributed by atoms with E-state index in [1.165, 1.54) is 12.8 Å². The number of carbonyl (C=O) groups excluding carboxylic acids is 1. The van der Waals surface area contributed by atoms with Crippen molar-refractivity contribution >= 4 is 48.1 Å². The molecule has 3 fully saturated rings. The second kappa shape index (κ2) is 8.02. The van der Waals surface area contributed by atoms with E-state index in [4.69, 9.17) is 0 Å². The number of aliphatic hydroxyl groups is 1. The van der Waals surface area contributed by atoms with Gasteiger partial charge in [-0.2, -0.15) is 8.42 Å². The Hall–Kier alpha value is -1.96. The third-order valence-corrected chi connectivity index (χ3v) is 11.2. The minimum Gasteiger partial charge on any atom is -0.511 e. The summed E-state index contributed by atoms with van der Waals surface area (Å²) in [6.45, 7) is 0.418. The Balaban J connectivity index is 1.37. The number of sulfonamides is 2. The van der Waals surface area contributed by atoms with Gasteiger partial charge in [-0.3, -0.25) is 4.79 Å². The van der Waals surface area contributed by atoms with Gasteiger partial charge in [0.25, 0.3) is 15.9 Å². The van der Waals surface area contributed by atoms with Crippen LogP contribution in [0.1, 0.15) is 44.1 Å². The maximum absolute atomic E-state index is 13.7. The molecule has 3 saturated carbocycles. The fourth-order valence-electron chi connectivity index (χ4n) is 6.34. The molecule has 5 aliphatic rings. The largest absolute Gasteiger partial charge is 0.511 e. The lowest BCUT2D eigenvalue weighted by atomic mass is 9.77. The molecule has 0 spiro atoms. The molecule has 3 heterocycles. The lowest BCUT2D eigenvalue weighted by Crippen LogP contribution is -2.54. The fourth-order valence-corrected chi connectivity index (χ4v) is 9.36. The molecule has 0 radical (unpaired) electrons. The average Bonchev–Trinajstić information content (AvgIpc) is 3.16. The van der Waals surface area contributed by atoms with Gasteiger partial charge >= 0.3 is 0 Å². The number of thiophene rings is 1. The second-order valence-corrected chi connectivity index (χ2v) is 14.6. The first-order valence-electron chi connectivity index (χ1n) is 11.9. The molecule has 0 aromatic carbocycles. The van der Waals surface area contributed by atoms with Crippen molar-refractivity contribution in [2.75, 3.05) is 18.1 Å². The van der Waals surface area contributed by atoms with E-state index in [2.05, 4.69) is 14.4 Å². The van der Waals surface area contributed by atoms with E-state index in [0.29, 0.717) is 18.4 Å². The molecule has 2 aliphatic heterocycles. The van der Waals surface area contributed by atoms with Crippen LogP contribution in [0.15, 0.2) is 26.0 Å². The Morgan fingerprint density at radius 3 is 2.71 bits per heavy atom. The van der Waals surface area contributed by atoms with Crippen molar-refractivity contribution in [3.8, 4) is 0 Å². The van der Waals surface area contributed by atoms with Crippen LogP contribution in [-0.4, -0.2) is 57.4 Å². The Labute approximate surface area is 208 Å². The van der Waals surface area contributed by atoms with Gasteiger partial charge < -0.3 is 15.3 Å². The molecule has 2 bridgehead atoms. The van der Waals surface area contributed by atoms with E-state index >= 15 is 0 Å². The van der Waals surface area contributed by atoms with Crippen LogP contribution in [0.2, 0.25) is 0 Å². The van der Waals surface area contributed by atoms with Gasteiger partial charge in [-0.25, -0.2) is 13.1 Å². The first-order chi connectivity index (χ1) is 16.5. The summed E-state index contributed by atoms with van der Waals surface area (Å²) in [4.78, 5) is 15.5. The Morgan fingerprint density at radius 1 is 1.26 bits per heavy atom. The molecule has 1 amide bonds. The lowest BCUT2D eigenvalue weighted by Gasteiger charge is -2.44. The molecule has 10 nitrogen and oxygen atoms in total. The van der Waals surface area contributed by atoms with Gasteiger partial charge in [0.1, 0.15) is 21.2 Å². The molecule has 35 heavy (non-hydrogen) atoms. The van der Waals surface area contributed by atoms with Crippen LogP contribution in [0.4, 0.5) is 5.00 Å². The van der Waals surface area contributed by atoms with Crippen molar-refractivity contribution in [1.82, 2.24) is 9.62 Å². The molecule has 1 aromatic heterocycles. The summed E-state index contributed by atoms with van der Waals surface area (Å²) in [5, 5.41) is 16.1. The lowest BCUT2D eigenvalue weighted by molar-refractivity contribution is -0.133. The van der Waals surface area contributed by atoms with E-state index in [-0.39, 0.29) is 63.0 Å². The smallest absolute Gasteiger partial charge is 0.287 e. The molecule has 13 heteroatoms. The minimum absolute atomic E-state index is 0.0319. The second-order valence-electron chi connectivity index (χ2n) is 10.4. The maximum Gasteiger partial charge on any atom is 0.287 e. The molecule has 6 rings (SSSR count). The summed E-state index contributed by atoms with van der Waals surface area (Å²) in [7, 11) is -7.74. The van der Waals surface area contributed by atoms with Crippen molar-refractivity contribution in [2.45, 2.75) is 56.0 Å². The van der Waals surface area contributed by atoms with Gasteiger partial charge in [-0.15, -0.1) is 15.7 Å². The van der Waals surface area contributed by atoms with E-state index in [1.54, 1.807) is 5.38 Å². The fraction of sp³-hybridized carbons (Fsp3) is 0.636. The predicted octanol–water partition coefficient (Wildman–Crippen LogP) is 2.18. The number of nitrogens with zero attached hydrogens (tertiary/aromatic N) is 2. The molecule has 0 saturated heterocycles. The van der Waals surface area contributed by atoms with Gasteiger partial charge in [-0.05, 0) is 48.8 Å². The van der Waals surface area contributed by atoms with Crippen molar-refractivity contribution in [1.29, 1.82) is 0 Å². The van der Waals surface area contributed by atoms with Gasteiger partial charge in [0, 0.05) is 30.6 Å². The monoisotopic (exact) mass is 540 g/mol. The maximum atomic E-state index is 13.7. The van der Waals surface area contributed by atoms with Gasteiger partial charge in [-0.1, -0.05) is 12.8 Å². The van der Waals surface area contributed by atoms with Gasteiger partial charge in [0.05, 0.1) is 6.26 Å². The zero-order valence-corrected chi connectivity index (χ0v) is 21.7. The third kappa shape index (κ3) is 4.00. The van der Waals surface area contributed by atoms with Crippen molar-refractivity contribution in [3.63, 3.8) is 0 Å². The van der Waals surface area contributed by atoms with Crippen LogP contribution < -0.4 is 10.0 Å². The Bertz CT molecular complexity index is 1380. The van der Waals surface area contributed by atoms with Crippen molar-refractivity contribution in [2.24, 2.45) is 28.1 Å². The van der Waals surface area contributed by atoms with Crippen molar-refractivity contribution < 1.29 is 26.7 Å². The first kappa shape index (κ1) is 23.4. The number of anilines is 1. The van der Waals surface area contributed by atoms with E-state index in [9.17, 15) is 26.7 Å². The molecular weight excluding hydrogens is 512 g/mol. The number of hydrogen-bond donors (Lipinski definition) is 3. The number of rotatable bonds is 7. The summed E-state index contributed by atoms with van der Waals surface area (Å²) < 4.78 is 55.5. The highest BCUT2D eigenvalue weighted by Crippen LogP contribution is 2.55. The molecule has 3 N–H and O–H groups in total. The highest BCUT2D eigenvalue weighted by Gasteiger charge is 2.57. The van der Waals surface area contributed by atoms with Crippen molar-refractivity contribution in [3.05, 3.63) is 22.3 Å². The Morgan fingerprint density at radius 2 is 2.00 bits per heavy atom. The summed E-state index contributed by atoms with van der Waals surface area (Å²) in [5.74, 6) is 0.543. The first-order valence-corrected chi connectivity index (χ1v) is 16.2. The number of aliphatic hydroxyl groups excluding tert-OH is 1. The molecular formula is C22H28N4O6S3. The van der Waals surface area contributed by atoms with Gasteiger partial charge in [0.2, 0.25) is 10.0 Å². The number of fused-ring (bicyclic) bond motifs is 6. The normalized spacial score (nSPS) is 31.3. The topological polar surface area (TPSA) is 145 Å². The zero-order chi connectivity index (χ0) is 24.7. The molecule has 3 aliphatic carbocycles. The summed E-state index contributed by atoms with van der Waals surface area (Å²) in [6, 6.07) is -0.0319. The molecule has 0 unspecified atom stereocenters. The molecule has 4 atom stereocenters. The number of amides is 1. The number of carbonyl (C=O) groups is 1. The SMILES string of the molecule is CS(=O)(=O)NCc1csc2c1S(=O)(=O)N=C(C1=C(O)[C@@H]3[C@H]4CC[C@H](C4)[C@@H]3N(CCC3CC3)C1=O)N2. The molecule has 1 aromatic rings. The predicted molar refractivity (Wildman–Crippen MR) is 131 cm³/mol. The van der Waals surface area contributed by atoms with E-state index < -0.39 is 20.0 Å². The number of nitrogens with one attached hydrogen (secondary N) is 2.